The summed E-state index contributed by atoms with van der Waals surface area (Å²) in [5.41, 5.74) is 3.63. The zero-order valence-corrected chi connectivity index (χ0v) is 16.1. The van der Waals surface area contributed by atoms with Crippen LogP contribution >= 0.6 is 15.9 Å². The van der Waals surface area contributed by atoms with Gasteiger partial charge in [-0.3, -0.25) is 4.90 Å². The minimum atomic E-state index is -0.373. The third kappa shape index (κ3) is 3.47. The number of nitrogens with one attached hydrogen (secondary N) is 1. The monoisotopic (exact) mass is 401 g/mol. The van der Waals surface area contributed by atoms with E-state index in [0.29, 0.717) is 6.54 Å². The summed E-state index contributed by atoms with van der Waals surface area (Å²) in [6.07, 6.45) is -0.373. The molecule has 1 unspecified atom stereocenters. The molecule has 1 saturated heterocycles. The van der Waals surface area contributed by atoms with Crippen LogP contribution in [0, 0.1) is 6.92 Å². The van der Waals surface area contributed by atoms with E-state index in [1.165, 1.54) is 27.4 Å². The highest BCUT2D eigenvalue weighted by atomic mass is 79.9. The van der Waals surface area contributed by atoms with Gasteiger partial charge in [-0.25, -0.2) is 0 Å². The third-order valence-electron chi connectivity index (χ3n) is 5.05. The molecule has 25 heavy (non-hydrogen) atoms. The number of rotatable bonds is 4. The zero-order valence-electron chi connectivity index (χ0n) is 14.5. The molecule has 2 aromatic carbocycles. The number of piperazine rings is 1. The van der Waals surface area contributed by atoms with Gasteiger partial charge in [0.15, 0.2) is 0 Å². The Labute approximate surface area is 156 Å². The van der Waals surface area contributed by atoms with E-state index in [0.717, 1.165) is 37.2 Å². The lowest BCUT2D eigenvalue weighted by Gasteiger charge is -2.29. The Balaban J connectivity index is 1.69. The average molecular weight is 402 g/mol. The maximum atomic E-state index is 10.7. The van der Waals surface area contributed by atoms with Crippen molar-refractivity contribution < 1.29 is 5.11 Å². The van der Waals surface area contributed by atoms with E-state index in [-0.39, 0.29) is 6.10 Å². The molecule has 1 atom stereocenters. The number of β-amino-alcohol motifs (C(OH)–C–C–N with tert-alkyl or cyclic N) is 1. The fourth-order valence-electron chi connectivity index (χ4n) is 3.85. The van der Waals surface area contributed by atoms with Crippen LogP contribution in [0.25, 0.3) is 21.8 Å². The number of hydrogen-bond donors (Lipinski definition) is 2. The Kier molecular flexibility index (Phi) is 4.82. The van der Waals surface area contributed by atoms with Gasteiger partial charge in [0.05, 0.1) is 12.6 Å². The number of aryl methyl sites for hydroxylation is 1. The first-order valence-corrected chi connectivity index (χ1v) is 9.70. The van der Waals surface area contributed by atoms with Crippen molar-refractivity contribution in [3.05, 3.63) is 46.4 Å². The topological polar surface area (TPSA) is 40.4 Å². The summed E-state index contributed by atoms with van der Waals surface area (Å²) in [4.78, 5) is 2.34. The lowest BCUT2D eigenvalue weighted by molar-refractivity contribution is 0.0936. The SMILES string of the molecule is Cc1ccc2c(c1)c1cc(Br)ccc1n2CC(O)CN1CCNCC1. The molecule has 0 aliphatic carbocycles. The summed E-state index contributed by atoms with van der Waals surface area (Å²) in [7, 11) is 0. The van der Waals surface area contributed by atoms with Crippen LogP contribution in [0.3, 0.4) is 0 Å². The molecule has 0 amide bonds. The number of aliphatic hydroxyl groups excluding tert-OH is 1. The first-order valence-electron chi connectivity index (χ1n) is 8.91. The fourth-order valence-corrected chi connectivity index (χ4v) is 4.21. The van der Waals surface area contributed by atoms with Crippen molar-refractivity contribution in [2.45, 2.75) is 19.6 Å². The second kappa shape index (κ2) is 7.08. The molecule has 0 saturated carbocycles. The maximum absolute atomic E-state index is 10.7. The summed E-state index contributed by atoms with van der Waals surface area (Å²) in [6, 6.07) is 13.0. The molecule has 1 aliphatic heterocycles. The van der Waals surface area contributed by atoms with Gasteiger partial charge in [-0.15, -0.1) is 0 Å². The van der Waals surface area contributed by atoms with Crippen LogP contribution in [0.4, 0.5) is 0 Å². The van der Waals surface area contributed by atoms with Gasteiger partial charge in [0.25, 0.3) is 0 Å². The Morgan fingerprint density at radius 3 is 2.48 bits per heavy atom. The molecule has 0 bridgehead atoms. The van der Waals surface area contributed by atoms with Gasteiger partial charge in [0.1, 0.15) is 0 Å². The van der Waals surface area contributed by atoms with Crippen LogP contribution in [-0.2, 0) is 6.54 Å². The molecule has 4 nitrogen and oxygen atoms in total. The highest BCUT2D eigenvalue weighted by molar-refractivity contribution is 9.10. The first-order chi connectivity index (χ1) is 12.1. The number of fused-ring (bicyclic) bond motifs is 3. The second-order valence-corrected chi connectivity index (χ2v) is 7.91. The quantitative estimate of drug-likeness (QED) is 0.705. The molecule has 1 fully saturated rings. The van der Waals surface area contributed by atoms with Crippen LogP contribution in [0.1, 0.15) is 5.56 Å². The maximum Gasteiger partial charge on any atom is 0.0845 e. The van der Waals surface area contributed by atoms with Gasteiger partial charge in [0, 0.05) is 59.0 Å². The molecule has 132 valence electrons. The number of aliphatic hydroxyl groups is 1. The summed E-state index contributed by atoms with van der Waals surface area (Å²) < 4.78 is 3.35. The summed E-state index contributed by atoms with van der Waals surface area (Å²) >= 11 is 3.59. The number of aromatic nitrogens is 1. The second-order valence-electron chi connectivity index (χ2n) is 7.00. The van der Waals surface area contributed by atoms with Crippen molar-refractivity contribution in [3.63, 3.8) is 0 Å². The molecule has 5 heteroatoms. The van der Waals surface area contributed by atoms with E-state index >= 15 is 0 Å². The molecule has 4 rings (SSSR count). The van der Waals surface area contributed by atoms with Gasteiger partial charge in [0.2, 0.25) is 0 Å². The van der Waals surface area contributed by atoms with E-state index < -0.39 is 0 Å². The van der Waals surface area contributed by atoms with Crippen molar-refractivity contribution in [2.75, 3.05) is 32.7 Å². The predicted molar refractivity (Wildman–Crippen MR) is 107 cm³/mol. The lowest BCUT2D eigenvalue weighted by atomic mass is 10.1. The van der Waals surface area contributed by atoms with Gasteiger partial charge < -0.3 is 15.0 Å². The zero-order chi connectivity index (χ0) is 17.4. The molecule has 2 heterocycles. The molecule has 0 spiro atoms. The van der Waals surface area contributed by atoms with E-state index in [4.69, 9.17) is 0 Å². The van der Waals surface area contributed by atoms with Crippen molar-refractivity contribution in [2.24, 2.45) is 0 Å². The molecule has 2 N–H and O–H groups in total. The number of nitrogens with zero attached hydrogens (tertiary/aromatic N) is 2. The minimum absolute atomic E-state index is 0.373. The van der Waals surface area contributed by atoms with Gasteiger partial charge in [-0.2, -0.15) is 0 Å². The van der Waals surface area contributed by atoms with Crippen molar-refractivity contribution in [3.8, 4) is 0 Å². The van der Waals surface area contributed by atoms with Crippen molar-refractivity contribution in [1.82, 2.24) is 14.8 Å². The van der Waals surface area contributed by atoms with E-state index in [2.05, 4.69) is 74.0 Å². The standard InChI is InChI=1S/C20H24BrN3O/c1-14-2-4-19-17(10-14)18-11-15(21)3-5-20(18)24(19)13-16(25)12-23-8-6-22-7-9-23/h2-5,10-11,16,22,25H,6-9,12-13H2,1H3. The molecule has 1 aromatic heterocycles. The Morgan fingerprint density at radius 2 is 1.72 bits per heavy atom. The summed E-state index contributed by atoms with van der Waals surface area (Å²) in [5, 5.41) is 16.6. The van der Waals surface area contributed by atoms with Crippen LogP contribution in [0.15, 0.2) is 40.9 Å². The normalized spacial score (nSPS) is 17.4. The predicted octanol–water partition coefficient (Wildman–Crippen LogP) is 3.13. The molecular weight excluding hydrogens is 378 g/mol. The molecular formula is C20H24BrN3O. The van der Waals surface area contributed by atoms with Crippen LogP contribution in [0.5, 0.6) is 0 Å². The van der Waals surface area contributed by atoms with Crippen molar-refractivity contribution >= 4 is 37.7 Å². The Bertz CT molecular complexity index is 839. The smallest absolute Gasteiger partial charge is 0.0845 e. The number of benzene rings is 2. The van der Waals surface area contributed by atoms with Gasteiger partial charge in [-0.1, -0.05) is 27.6 Å². The van der Waals surface area contributed by atoms with E-state index in [9.17, 15) is 5.11 Å². The first kappa shape index (κ1) is 17.0. The largest absolute Gasteiger partial charge is 0.390 e. The molecule has 3 aromatic rings. The Hall–Kier alpha value is -1.40. The highest BCUT2D eigenvalue weighted by Gasteiger charge is 2.18. The summed E-state index contributed by atoms with van der Waals surface area (Å²) in [5.74, 6) is 0. The van der Waals surface area contributed by atoms with Crippen LogP contribution < -0.4 is 5.32 Å². The highest BCUT2D eigenvalue weighted by Crippen LogP contribution is 2.32. The Morgan fingerprint density at radius 1 is 1.04 bits per heavy atom. The van der Waals surface area contributed by atoms with Gasteiger partial charge in [-0.05, 0) is 37.3 Å². The molecule has 0 radical (unpaired) electrons. The van der Waals surface area contributed by atoms with E-state index in [1.54, 1.807) is 0 Å². The van der Waals surface area contributed by atoms with E-state index in [1.807, 2.05) is 0 Å². The number of hydrogen-bond acceptors (Lipinski definition) is 3. The number of halogens is 1. The third-order valence-corrected chi connectivity index (χ3v) is 5.55. The molecule has 1 aliphatic rings. The summed E-state index contributed by atoms with van der Waals surface area (Å²) in [6.45, 7) is 7.51. The lowest BCUT2D eigenvalue weighted by Crippen LogP contribution is -2.46. The van der Waals surface area contributed by atoms with Crippen molar-refractivity contribution in [1.29, 1.82) is 0 Å². The average Bonchev–Trinajstić information content (AvgIpc) is 2.88. The van der Waals surface area contributed by atoms with Gasteiger partial charge >= 0.3 is 0 Å². The van der Waals surface area contributed by atoms with Crippen LogP contribution in [-0.4, -0.2) is 53.4 Å². The fraction of sp³-hybridized carbons (Fsp3) is 0.400. The minimum Gasteiger partial charge on any atom is -0.390 e. The van der Waals surface area contributed by atoms with Crippen LogP contribution in [0.2, 0.25) is 0 Å².